The van der Waals surface area contributed by atoms with Crippen molar-refractivity contribution < 1.29 is 19.0 Å². The van der Waals surface area contributed by atoms with Crippen molar-refractivity contribution in [1.29, 1.82) is 0 Å². The molecule has 2 amide bonds. The Balaban J connectivity index is 1.72. The summed E-state index contributed by atoms with van der Waals surface area (Å²) in [5.41, 5.74) is 0.579. The standard InChI is InChI=1S/C17H23FN2O3/c1-17(22,14-2-4-15(18)5-3-14)12-20-16(21)19-9-6-13-7-10-23-11-8-13/h2-5,7,22H,6,8-12H2,1H3,(H2,19,20,21)/t17-/m1/s1. The molecule has 0 saturated heterocycles. The molecule has 0 saturated carbocycles. The molecule has 0 aliphatic carbocycles. The van der Waals surface area contributed by atoms with Crippen molar-refractivity contribution in [2.24, 2.45) is 0 Å². The first kappa shape index (κ1) is 17.4. The highest BCUT2D eigenvalue weighted by Crippen LogP contribution is 2.19. The lowest BCUT2D eigenvalue weighted by molar-refractivity contribution is 0.0593. The van der Waals surface area contributed by atoms with E-state index in [4.69, 9.17) is 4.74 Å². The Morgan fingerprint density at radius 1 is 1.35 bits per heavy atom. The molecule has 0 aromatic heterocycles. The van der Waals surface area contributed by atoms with Gasteiger partial charge in [0.1, 0.15) is 11.4 Å². The average molecular weight is 322 g/mol. The summed E-state index contributed by atoms with van der Waals surface area (Å²) in [4.78, 5) is 11.8. The van der Waals surface area contributed by atoms with E-state index in [1.165, 1.54) is 29.8 Å². The average Bonchev–Trinajstić information content (AvgIpc) is 2.54. The summed E-state index contributed by atoms with van der Waals surface area (Å²) in [7, 11) is 0. The van der Waals surface area contributed by atoms with Crippen LogP contribution in [0.2, 0.25) is 0 Å². The lowest BCUT2D eigenvalue weighted by atomic mass is 9.96. The molecule has 0 fully saturated rings. The fourth-order valence-corrected chi connectivity index (χ4v) is 2.35. The highest BCUT2D eigenvalue weighted by atomic mass is 19.1. The van der Waals surface area contributed by atoms with E-state index in [9.17, 15) is 14.3 Å². The molecular formula is C17H23FN2O3. The fourth-order valence-electron chi connectivity index (χ4n) is 2.35. The molecule has 1 aliphatic heterocycles. The smallest absolute Gasteiger partial charge is 0.314 e. The number of ether oxygens (including phenoxy) is 1. The van der Waals surface area contributed by atoms with Crippen molar-refractivity contribution in [1.82, 2.24) is 10.6 Å². The van der Waals surface area contributed by atoms with Crippen molar-refractivity contribution in [3.8, 4) is 0 Å². The highest BCUT2D eigenvalue weighted by Gasteiger charge is 2.23. The Labute approximate surface area is 135 Å². The first-order valence-electron chi connectivity index (χ1n) is 7.73. The van der Waals surface area contributed by atoms with Crippen molar-refractivity contribution in [2.45, 2.75) is 25.4 Å². The second kappa shape index (κ2) is 8.08. The minimum absolute atomic E-state index is 0.0427. The number of urea groups is 1. The van der Waals surface area contributed by atoms with E-state index in [1.54, 1.807) is 6.92 Å². The van der Waals surface area contributed by atoms with Gasteiger partial charge in [0, 0.05) is 6.54 Å². The molecule has 0 radical (unpaired) electrons. The molecule has 3 N–H and O–H groups in total. The first-order valence-corrected chi connectivity index (χ1v) is 7.73. The van der Waals surface area contributed by atoms with Crippen LogP contribution in [-0.2, 0) is 10.3 Å². The number of aliphatic hydroxyl groups is 1. The maximum Gasteiger partial charge on any atom is 0.314 e. The number of halogens is 1. The number of carbonyl (C=O) groups excluding carboxylic acids is 1. The Bertz CT molecular complexity index is 555. The summed E-state index contributed by atoms with van der Waals surface area (Å²) in [5.74, 6) is -0.363. The van der Waals surface area contributed by atoms with Crippen LogP contribution in [0.5, 0.6) is 0 Å². The molecule has 2 rings (SSSR count). The molecule has 0 spiro atoms. The van der Waals surface area contributed by atoms with E-state index >= 15 is 0 Å². The molecule has 0 bridgehead atoms. The molecule has 126 valence electrons. The van der Waals surface area contributed by atoms with E-state index in [2.05, 4.69) is 10.6 Å². The number of rotatable bonds is 6. The predicted octanol–water partition coefficient (Wildman–Crippen LogP) is 2.07. The lowest BCUT2D eigenvalue weighted by Gasteiger charge is -2.24. The van der Waals surface area contributed by atoms with Gasteiger partial charge in [0.05, 0.1) is 19.8 Å². The summed E-state index contributed by atoms with van der Waals surface area (Å²) in [6, 6.07) is 5.25. The number of amides is 2. The SMILES string of the molecule is C[C@@](O)(CNC(=O)NCCC1=CCOCC1)c1ccc(F)cc1. The molecule has 1 atom stereocenters. The van der Waals surface area contributed by atoms with Gasteiger partial charge < -0.3 is 20.5 Å². The van der Waals surface area contributed by atoms with Gasteiger partial charge in [0.15, 0.2) is 0 Å². The van der Waals surface area contributed by atoms with Gasteiger partial charge in [0.25, 0.3) is 0 Å². The van der Waals surface area contributed by atoms with E-state index in [-0.39, 0.29) is 18.4 Å². The quantitative estimate of drug-likeness (QED) is 0.702. The summed E-state index contributed by atoms with van der Waals surface area (Å²) in [6.07, 6.45) is 3.75. The zero-order chi connectivity index (χ0) is 16.7. The van der Waals surface area contributed by atoms with Gasteiger partial charge in [-0.15, -0.1) is 0 Å². The first-order chi connectivity index (χ1) is 11.0. The van der Waals surface area contributed by atoms with Crippen LogP contribution in [0.15, 0.2) is 35.9 Å². The van der Waals surface area contributed by atoms with Crippen LogP contribution in [0.3, 0.4) is 0 Å². The third kappa shape index (κ3) is 5.65. The van der Waals surface area contributed by atoms with Crippen molar-refractivity contribution >= 4 is 6.03 Å². The van der Waals surface area contributed by atoms with Crippen molar-refractivity contribution in [3.05, 3.63) is 47.3 Å². The molecule has 23 heavy (non-hydrogen) atoms. The zero-order valence-electron chi connectivity index (χ0n) is 13.3. The Kier molecular flexibility index (Phi) is 6.12. The van der Waals surface area contributed by atoms with Crippen molar-refractivity contribution in [3.63, 3.8) is 0 Å². The number of hydrogen-bond donors (Lipinski definition) is 3. The van der Waals surface area contributed by atoms with Crippen LogP contribution in [0, 0.1) is 5.82 Å². The van der Waals surface area contributed by atoms with Crippen LogP contribution in [-0.4, -0.2) is 37.4 Å². The molecule has 1 aromatic rings. The van der Waals surface area contributed by atoms with E-state index in [0.29, 0.717) is 18.7 Å². The topological polar surface area (TPSA) is 70.6 Å². The number of benzene rings is 1. The van der Waals surface area contributed by atoms with Crippen LogP contribution in [0.25, 0.3) is 0 Å². The maximum atomic E-state index is 12.9. The normalized spacial score (nSPS) is 17.1. The molecule has 0 unspecified atom stereocenters. The maximum absolute atomic E-state index is 12.9. The second-order valence-electron chi connectivity index (χ2n) is 5.83. The molecular weight excluding hydrogens is 299 g/mol. The van der Waals surface area contributed by atoms with E-state index < -0.39 is 5.60 Å². The lowest BCUT2D eigenvalue weighted by Crippen LogP contribution is -2.43. The number of hydrogen-bond acceptors (Lipinski definition) is 3. The minimum Gasteiger partial charge on any atom is -0.384 e. The van der Waals surface area contributed by atoms with Gasteiger partial charge in [-0.25, -0.2) is 9.18 Å². The fraction of sp³-hybridized carbons (Fsp3) is 0.471. The zero-order valence-corrected chi connectivity index (χ0v) is 13.3. The Morgan fingerprint density at radius 3 is 2.74 bits per heavy atom. The molecule has 1 aromatic carbocycles. The second-order valence-corrected chi connectivity index (χ2v) is 5.83. The summed E-state index contributed by atoms with van der Waals surface area (Å²) < 4.78 is 18.1. The van der Waals surface area contributed by atoms with Crippen LogP contribution < -0.4 is 10.6 Å². The van der Waals surface area contributed by atoms with Crippen LogP contribution >= 0.6 is 0 Å². The predicted molar refractivity (Wildman–Crippen MR) is 85.5 cm³/mol. The third-order valence-corrected chi connectivity index (χ3v) is 3.85. The highest BCUT2D eigenvalue weighted by molar-refractivity contribution is 5.73. The number of carbonyl (C=O) groups is 1. The van der Waals surface area contributed by atoms with E-state index in [1.807, 2.05) is 6.08 Å². The Hall–Kier alpha value is -1.92. The van der Waals surface area contributed by atoms with Crippen LogP contribution in [0.4, 0.5) is 9.18 Å². The summed E-state index contributed by atoms with van der Waals surface area (Å²) in [6.45, 7) is 3.53. The number of nitrogens with one attached hydrogen (secondary N) is 2. The van der Waals surface area contributed by atoms with Gasteiger partial charge in [-0.05, 0) is 37.5 Å². The van der Waals surface area contributed by atoms with Gasteiger partial charge in [0.2, 0.25) is 0 Å². The Morgan fingerprint density at radius 2 is 2.09 bits per heavy atom. The summed E-state index contributed by atoms with van der Waals surface area (Å²) in [5, 5.41) is 15.8. The molecule has 6 heteroatoms. The summed E-state index contributed by atoms with van der Waals surface area (Å²) >= 11 is 0. The minimum atomic E-state index is -1.26. The van der Waals surface area contributed by atoms with Gasteiger partial charge in [-0.2, -0.15) is 0 Å². The van der Waals surface area contributed by atoms with Gasteiger partial charge >= 0.3 is 6.03 Å². The largest absolute Gasteiger partial charge is 0.384 e. The monoisotopic (exact) mass is 322 g/mol. The molecule has 1 heterocycles. The van der Waals surface area contributed by atoms with Crippen LogP contribution in [0.1, 0.15) is 25.3 Å². The van der Waals surface area contributed by atoms with Gasteiger partial charge in [-0.1, -0.05) is 23.8 Å². The third-order valence-electron chi connectivity index (χ3n) is 3.85. The van der Waals surface area contributed by atoms with E-state index in [0.717, 1.165) is 19.4 Å². The van der Waals surface area contributed by atoms with Gasteiger partial charge in [-0.3, -0.25) is 0 Å². The molecule has 1 aliphatic rings. The molecule has 5 nitrogen and oxygen atoms in total. The van der Waals surface area contributed by atoms with Crippen molar-refractivity contribution in [2.75, 3.05) is 26.3 Å².